The van der Waals surface area contributed by atoms with Crippen molar-refractivity contribution in [2.45, 2.75) is 20.8 Å². The summed E-state index contributed by atoms with van der Waals surface area (Å²) < 4.78 is 0. The van der Waals surface area contributed by atoms with Gasteiger partial charge in [-0.1, -0.05) is 6.07 Å². The molecule has 1 heterocycles. The highest BCUT2D eigenvalue weighted by atomic mass is 16.2. The van der Waals surface area contributed by atoms with Crippen molar-refractivity contribution in [1.29, 1.82) is 0 Å². The largest absolute Gasteiger partial charge is 0.372 e. The number of hydrogen-bond acceptors (Lipinski definition) is 4. The highest BCUT2D eigenvalue weighted by molar-refractivity contribution is 6.30. The Bertz CT molecular complexity index is 694. The number of imide groups is 2. The molecule has 1 aliphatic rings. The van der Waals surface area contributed by atoms with Gasteiger partial charge in [0.1, 0.15) is 5.57 Å². The summed E-state index contributed by atoms with van der Waals surface area (Å²) in [6, 6.07) is 5.29. The maximum Gasteiger partial charge on any atom is 0.333 e. The lowest BCUT2D eigenvalue weighted by atomic mass is 10.0. The Balaban J connectivity index is 2.42. The van der Waals surface area contributed by atoms with E-state index in [1.165, 1.54) is 14.1 Å². The number of amides is 4. The summed E-state index contributed by atoms with van der Waals surface area (Å²) in [4.78, 5) is 40.4. The zero-order chi connectivity index (χ0) is 18.0. The first kappa shape index (κ1) is 17.7. The molecular formula is C18H23N3O3. The minimum atomic E-state index is -0.615. The van der Waals surface area contributed by atoms with Gasteiger partial charge in [0, 0.05) is 32.9 Å². The third-order valence-electron chi connectivity index (χ3n) is 4.33. The lowest BCUT2D eigenvalue weighted by Gasteiger charge is -2.29. The number of aryl methyl sites for hydroxylation is 1. The van der Waals surface area contributed by atoms with E-state index in [1.807, 2.05) is 25.1 Å². The second-order valence-corrected chi connectivity index (χ2v) is 5.78. The average molecular weight is 329 g/mol. The summed E-state index contributed by atoms with van der Waals surface area (Å²) in [7, 11) is 2.75. The van der Waals surface area contributed by atoms with Gasteiger partial charge in [-0.2, -0.15) is 0 Å². The average Bonchev–Trinajstić information content (AvgIpc) is 2.58. The molecule has 0 N–H and O–H groups in total. The predicted molar refractivity (Wildman–Crippen MR) is 93.7 cm³/mol. The van der Waals surface area contributed by atoms with Gasteiger partial charge in [0.2, 0.25) is 0 Å². The number of barbiturate groups is 1. The Kier molecular flexibility index (Phi) is 5.07. The molecule has 1 aromatic rings. The molecule has 0 unspecified atom stereocenters. The number of rotatable bonds is 4. The van der Waals surface area contributed by atoms with Crippen LogP contribution in [0, 0.1) is 6.92 Å². The highest BCUT2D eigenvalue weighted by Crippen LogP contribution is 2.23. The van der Waals surface area contributed by atoms with E-state index in [-0.39, 0.29) is 5.57 Å². The Morgan fingerprint density at radius 1 is 1.00 bits per heavy atom. The lowest BCUT2D eigenvalue weighted by Crippen LogP contribution is -2.52. The first-order valence-corrected chi connectivity index (χ1v) is 7.99. The number of carbonyl (C=O) groups is 3. The van der Waals surface area contributed by atoms with E-state index in [1.54, 1.807) is 6.08 Å². The topological polar surface area (TPSA) is 60.9 Å². The molecule has 0 radical (unpaired) electrons. The normalized spacial score (nSPS) is 15.2. The molecule has 0 saturated carbocycles. The van der Waals surface area contributed by atoms with Crippen LogP contribution in [0.15, 0.2) is 23.8 Å². The van der Waals surface area contributed by atoms with Crippen molar-refractivity contribution in [3.8, 4) is 0 Å². The van der Waals surface area contributed by atoms with E-state index in [9.17, 15) is 14.4 Å². The zero-order valence-electron chi connectivity index (χ0n) is 14.8. The van der Waals surface area contributed by atoms with E-state index in [0.717, 1.165) is 39.7 Å². The highest BCUT2D eigenvalue weighted by Gasteiger charge is 2.37. The van der Waals surface area contributed by atoms with Crippen molar-refractivity contribution < 1.29 is 14.4 Å². The van der Waals surface area contributed by atoms with Gasteiger partial charge in [0.25, 0.3) is 11.8 Å². The van der Waals surface area contributed by atoms with E-state index in [0.29, 0.717) is 0 Å². The van der Waals surface area contributed by atoms with Crippen LogP contribution in [0.25, 0.3) is 6.08 Å². The Labute approximate surface area is 142 Å². The Morgan fingerprint density at radius 3 is 2.00 bits per heavy atom. The molecule has 1 aliphatic heterocycles. The lowest BCUT2D eigenvalue weighted by molar-refractivity contribution is -0.134. The molecule has 6 nitrogen and oxygen atoms in total. The minimum Gasteiger partial charge on any atom is -0.372 e. The molecule has 0 atom stereocenters. The molecule has 1 fully saturated rings. The standard InChI is InChI=1S/C18H23N3O3/c1-6-21(7-2)14-9-8-13(12(3)10-14)11-15-16(22)19(4)18(24)20(5)17(15)23/h8-11H,6-7H2,1-5H3. The molecule has 0 bridgehead atoms. The fraction of sp³-hybridized carbons (Fsp3) is 0.389. The summed E-state index contributed by atoms with van der Waals surface area (Å²) >= 11 is 0. The van der Waals surface area contributed by atoms with Gasteiger partial charge in [-0.15, -0.1) is 0 Å². The van der Waals surface area contributed by atoms with Gasteiger partial charge in [0.05, 0.1) is 0 Å². The van der Waals surface area contributed by atoms with Gasteiger partial charge in [0.15, 0.2) is 0 Å². The zero-order valence-corrected chi connectivity index (χ0v) is 14.8. The first-order valence-electron chi connectivity index (χ1n) is 7.99. The van der Waals surface area contributed by atoms with Crippen LogP contribution < -0.4 is 4.90 Å². The molecular weight excluding hydrogens is 306 g/mol. The van der Waals surface area contributed by atoms with Crippen LogP contribution in [-0.2, 0) is 9.59 Å². The molecule has 0 spiro atoms. The number of likely N-dealkylation sites (N-methyl/N-ethyl adjacent to an activating group) is 2. The molecule has 1 aromatic carbocycles. The monoisotopic (exact) mass is 329 g/mol. The SMILES string of the molecule is CCN(CC)c1ccc(C=C2C(=O)N(C)C(=O)N(C)C2=O)c(C)c1. The van der Waals surface area contributed by atoms with Crippen LogP contribution in [0.5, 0.6) is 0 Å². The minimum absolute atomic E-state index is 0.00158. The number of urea groups is 1. The van der Waals surface area contributed by atoms with Crippen LogP contribution >= 0.6 is 0 Å². The van der Waals surface area contributed by atoms with Crippen molar-refractivity contribution in [2.75, 3.05) is 32.1 Å². The number of hydrogen-bond donors (Lipinski definition) is 0. The molecule has 128 valence electrons. The van der Waals surface area contributed by atoms with Gasteiger partial charge in [-0.3, -0.25) is 19.4 Å². The summed E-state index contributed by atoms with van der Waals surface area (Å²) in [5.74, 6) is -1.15. The maximum atomic E-state index is 12.3. The molecule has 24 heavy (non-hydrogen) atoms. The molecule has 2 rings (SSSR count). The Morgan fingerprint density at radius 2 is 1.54 bits per heavy atom. The quantitative estimate of drug-likeness (QED) is 0.628. The smallest absolute Gasteiger partial charge is 0.333 e. The fourth-order valence-electron chi connectivity index (χ4n) is 2.74. The van der Waals surface area contributed by atoms with E-state index >= 15 is 0 Å². The van der Waals surface area contributed by atoms with Crippen molar-refractivity contribution in [3.05, 3.63) is 34.9 Å². The summed E-state index contributed by atoms with van der Waals surface area (Å²) in [6.45, 7) is 7.94. The van der Waals surface area contributed by atoms with Crippen LogP contribution in [-0.4, -0.2) is 54.8 Å². The van der Waals surface area contributed by atoms with Crippen LogP contribution in [0.3, 0.4) is 0 Å². The molecule has 1 saturated heterocycles. The predicted octanol–water partition coefficient (Wildman–Crippen LogP) is 2.28. The van der Waals surface area contributed by atoms with Crippen LogP contribution in [0.1, 0.15) is 25.0 Å². The van der Waals surface area contributed by atoms with Crippen molar-refractivity contribution in [2.24, 2.45) is 0 Å². The van der Waals surface area contributed by atoms with Gasteiger partial charge in [-0.05, 0) is 50.1 Å². The van der Waals surface area contributed by atoms with E-state index in [2.05, 4.69) is 18.7 Å². The van der Waals surface area contributed by atoms with Crippen LogP contribution in [0.4, 0.5) is 10.5 Å². The van der Waals surface area contributed by atoms with Crippen molar-refractivity contribution in [3.63, 3.8) is 0 Å². The molecule has 0 aliphatic carbocycles. The van der Waals surface area contributed by atoms with Gasteiger partial charge < -0.3 is 4.90 Å². The molecule has 4 amide bonds. The van der Waals surface area contributed by atoms with E-state index < -0.39 is 17.8 Å². The number of carbonyl (C=O) groups excluding carboxylic acids is 3. The van der Waals surface area contributed by atoms with Gasteiger partial charge in [-0.25, -0.2) is 4.79 Å². The maximum absolute atomic E-state index is 12.3. The molecule has 6 heteroatoms. The number of anilines is 1. The van der Waals surface area contributed by atoms with Crippen molar-refractivity contribution >= 4 is 29.6 Å². The second-order valence-electron chi connectivity index (χ2n) is 5.78. The van der Waals surface area contributed by atoms with E-state index in [4.69, 9.17) is 0 Å². The number of nitrogens with zero attached hydrogens (tertiary/aromatic N) is 3. The first-order chi connectivity index (χ1) is 11.3. The second kappa shape index (κ2) is 6.86. The fourth-order valence-corrected chi connectivity index (χ4v) is 2.74. The number of benzene rings is 1. The van der Waals surface area contributed by atoms with Crippen LogP contribution in [0.2, 0.25) is 0 Å². The van der Waals surface area contributed by atoms with Gasteiger partial charge >= 0.3 is 6.03 Å². The molecule has 0 aromatic heterocycles. The third-order valence-corrected chi connectivity index (χ3v) is 4.33. The summed E-state index contributed by atoms with van der Waals surface area (Å²) in [6.07, 6.45) is 1.56. The third kappa shape index (κ3) is 3.04. The van der Waals surface area contributed by atoms with Crippen molar-refractivity contribution in [1.82, 2.24) is 9.80 Å². The summed E-state index contributed by atoms with van der Waals surface area (Å²) in [5.41, 5.74) is 2.86. The Hall–Kier alpha value is -2.63. The summed E-state index contributed by atoms with van der Waals surface area (Å²) in [5, 5.41) is 0.